The van der Waals surface area contributed by atoms with E-state index in [0.717, 1.165) is 59.0 Å². The molecule has 4 aromatic rings. The number of halogens is 1. The number of likely N-dealkylation sites (N-methyl/N-ethyl adjacent to an activating group) is 1. The molecule has 0 fully saturated rings. The van der Waals surface area contributed by atoms with Gasteiger partial charge < -0.3 is 20.5 Å². The van der Waals surface area contributed by atoms with Crippen molar-refractivity contribution >= 4 is 11.5 Å². The van der Waals surface area contributed by atoms with E-state index >= 15 is 0 Å². The molecule has 0 spiro atoms. The number of aryl methyl sites for hydroxylation is 2. The summed E-state index contributed by atoms with van der Waals surface area (Å²) in [4.78, 5) is 9.78. The van der Waals surface area contributed by atoms with Crippen LogP contribution in [0.5, 0.6) is 0 Å². The van der Waals surface area contributed by atoms with Crippen molar-refractivity contribution in [1.29, 1.82) is 0 Å². The van der Waals surface area contributed by atoms with E-state index in [1.165, 1.54) is 12.1 Å². The van der Waals surface area contributed by atoms with E-state index in [9.17, 15) is 4.39 Å². The molecule has 0 bridgehead atoms. The Labute approximate surface area is 198 Å². The minimum atomic E-state index is -0.290. The third kappa shape index (κ3) is 5.30. The molecule has 176 valence electrons. The topological polar surface area (TPSA) is 87.9 Å². The second-order valence-corrected chi connectivity index (χ2v) is 8.18. The van der Waals surface area contributed by atoms with Crippen molar-refractivity contribution in [2.24, 2.45) is 0 Å². The van der Waals surface area contributed by atoms with Crippen molar-refractivity contribution in [3.05, 3.63) is 76.9 Å². The normalized spacial score (nSPS) is 11.1. The Bertz CT molecular complexity index is 1250. The number of hydrogen-bond acceptors (Lipinski definition) is 7. The second kappa shape index (κ2) is 10.5. The van der Waals surface area contributed by atoms with Gasteiger partial charge in [0.15, 0.2) is 5.82 Å². The summed E-state index contributed by atoms with van der Waals surface area (Å²) < 4.78 is 18.8. The third-order valence-electron chi connectivity index (χ3n) is 5.59. The SMILES string of the molecule is CNCCNCc1cccc(-c2nc(Nc3ccc(F)cc3)c(C)c(-c3c(C)noc3C)n2)c1. The lowest BCUT2D eigenvalue weighted by Gasteiger charge is -2.15. The lowest BCUT2D eigenvalue weighted by Crippen LogP contribution is -2.24. The summed E-state index contributed by atoms with van der Waals surface area (Å²) in [6.07, 6.45) is 0. The van der Waals surface area contributed by atoms with Gasteiger partial charge in [-0.25, -0.2) is 14.4 Å². The fourth-order valence-corrected chi connectivity index (χ4v) is 3.77. The van der Waals surface area contributed by atoms with Gasteiger partial charge in [0.1, 0.15) is 17.4 Å². The molecule has 0 aliphatic rings. The zero-order chi connectivity index (χ0) is 24.1. The Hall–Kier alpha value is -3.62. The molecule has 0 atom stereocenters. The zero-order valence-corrected chi connectivity index (χ0v) is 19.9. The van der Waals surface area contributed by atoms with Crippen molar-refractivity contribution < 1.29 is 8.91 Å². The van der Waals surface area contributed by atoms with E-state index in [0.29, 0.717) is 17.4 Å². The van der Waals surface area contributed by atoms with E-state index in [4.69, 9.17) is 14.5 Å². The van der Waals surface area contributed by atoms with Gasteiger partial charge in [0.05, 0.1) is 17.0 Å². The number of rotatable bonds is 9. The molecular formula is C26H29FN6O. The fraction of sp³-hybridized carbons (Fsp3) is 0.269. The van der Waals surface area contributed by atoms with Crippen molar-refractivity contribution in [3.8, 4) is 22.6 Å². The lowest BCUT2D eigenvalue weighted by atomic mass is 10.0. The van der Waals surface area contributed by atoms with E-state index in [1.807, 2.05) is 40.0 Å². The first kappa shape index (κ1) is 23.5. The monoisotopic (exact) mass is 460 g/mol. The first-order valence-corrected chi connectivity index (χ1v) is 11.3. The molecule has 34 heavy (non-hydrogen) atoms. The highest BCUT2D eigenvalue weighted by Crippen LogP contribution is 2.34. The van der Waals surface area contributed by atoms with Crippen molar-refractivity contribution in [3.63, 3.8) is 0 Å². The molecule has 2 aromatic heterocycles. The molecule has 7 nitrogen and oxygen atoms in total. The molecule has 3 N–H and O–H groups in total. The van der Waals surface area contributed by atoms with Crippen LogP contribution in [0.4, 0.5) is 15.9 Å². The van der Waals surface area contributed by atoms with Crippen molar-refractivity contribution in [2.75, 3.05) is 25.5 Å². The Morgan fingerprint density at radius 2 is 1.76 bits per heavy atom. The molecule has 0 amide bonds. The number of nitrogens with zero attached hydrogens (tertiary/aromatic N) is 3. The number of aromatic nitrogens is 3. The first-order chi connectivity index (χ1) is 16.5. The molecule has 0 saturated heterocycles. The highest BCUT2D eigenvalue weighted by molar-refractivity contribution is 5.76. The zero-order valence-electron chi connectivity index (χ0n) is 19.9. The minimum Gasteiger partial charge on any atom is -0.361 e. The third-order valence-corrected chi connectivity index (χ3v) is 5.59. The summed E-state index contributed by atoms with van der Waals surface area (Å²) in [5.41, 5.74) is 6.01. The summed E-state index contributed by atoms with van der Waals surface area (Å²) >= 11 is 0. The van der Waals surface area contributed by atoms with Gasteiger partial charge in [0.2, 0.25) is 0 Å². The van der Waals surface area contributed by atoms with Crippen LogP contribution in [0.1, 0.15) is 22.6 Å². The Morgan fingerprint density at radius 3 is 2.47 bits per heavy atom. The molecule has 0 saturated carbocycles. The Morgan fingerprint density at radius 1 is 0.971 bits per heavy atom. The van der Waals surface area contributed by atoms with Crippen LogP contribution in [-0.2, 0) is 6.54 Å². The van der Waals surface area contributed by atoms with E-state index in [2.05, 4.69) is 33.2 Å². The van der Waals surface area contributed by atoms with Gasteiger partial charge in [0.25, 0.3) is 0 Å². The van der Waals surface area contributed by atoms with Crippen LogP contribution in [0.15, 0.2) is 53.1 Å². The number of nitrogens with one attached hydrogen (secondary N) is 3. The van der Waals surface area contributed by atoms with Crippen LogP contribution in [0.2, 0.25) is 0 Å². The number of hydrogen-bond donors (Lipinski definition) is 3. The maximum Gasteiger partial charge on any atom is 0.162 e. The molecule has 0 aliphatic carbocycles. The van der Waals surface area contributed by atoms with Gasteiger partial charge in [-0.3, -0.25) is 0 Å². The highest BCUT2D eigenvalue weighted by Gasteiger charge is 2.20. The van der Waals surface area contributed by atoms with Gasteiger partial charge in [-0.05, 0) is 63.7 Å². The second-order valence-electron chi connectivity index (χ2n) is 8.18. The lowest BCUT2D eigenvalue weighted by molar-refractivity contribution is 0.393. The standard InChI is InChI=1S/C26H29FN6O/c1-16-24(23-17(2)33-34-18(23)3)31-26(32-25(16)30-22-10-8-21(27)9-11-22)20-7-5-6-19(14-20)15-29-13-12-28-4/h5-11,14,28-29H,12-13,15H2,1-4H3,(H,30,31,32). The van der Waals surface area contributed by atoms with Gasteiger partial charge in [-0.2, -0.15) is 0 Å². The molecule has 4 rings (SSSR count). The maximum absolute atomic E-state index is 13.4. The predicted octanol–water partition coefficient (Wildman–Crippen LogP) is 4.92. The van der Waals surface area contributed by atoms with E-state index in [1.54, 1.807) is 12.1 Å². The predicted molar refractivity (Wildman–Crippen MR) is 132 cm³/mol. The molecule has 2 heterocycles. The van der Waals surface area contributed by atoms with Crippen LogP contribution < -0.4 is 16.0 Å². The Kier molecular flexibility index (Phi) is 7.30. The quantitative estimate of drug-likeness (QED) is 0.306. The minimum absolute atomic E-state index is 0.290. The molecule has 0 aliphatic heterocycles. The van der Waals surface area contributed by atoms with Crippen molar-refractivity contribution in [2.45, 2.75) is 27.3 Å². The summed E-state index contributed by atoms with van der Waals surface area (Å²) in [5, 5.41) is 14.0. The first-order valence-electron chi connectivity index (χ1n) is 11.3. The van der Waals surface area contributed by atoms with Crippen LogP contribution >= 0.6 is 0 Å². The van der Waals surface area contributed by atoms with Crippen LogP contribution in [-0.4, -0.2) is 35.3 Å². The van der Waals surface area contributed by atoms with Crippen LogP contribution in [0.25, 0.3) is 22.6 Å². The van der Waals surface area contributed by atoms with E-state index in [-0.39, 0.29) is 5.82 Å². The summed E-state index contributed by atoms with van der Waals surface area (Å²) in [6.45, 7) is 8.26. The van der Waals surface area contributed by atoms with Gasteiger partial charge in [-0.1, -0.05) is 23.4 Å². The summed E-state index contributed by atoms with van der Waals surface area (Å²) in [6, 6.07) is 14.4. The average molecular weight is 461 g/mol. The van der Waals surface area contributed by atoms with Crippen LogP contribution in [0.3, 0.4) is 0 Å². The molecule has 0 radical (unpaired) electrons. The summed E-state index contributed by atoms with van der Waals surface area (Å²) in [5.74, 6) is 1.63. The van der Waals surface area contributed by atoms with Crippen LogP contribution in [0, 0.1) is 26.6 Å². The molecule has 8 heteroatoms. The smallest absolute Gasteiger partial charge is 0.162 e. The molecule has 2 aromatic carbocycles. The van der Waals surface area contributed by atoms with Gasteiger partial charge in [-0.15, -0.1) is 0 Å². The highest BCUT2D eigenvalue weighted by atomic mass is 19.1. The number of benzene rings is 2. The average Bonchev–Trinajstić information content (AvgIpc) is 3.17. The van der Waals surface area contributed by atoms with E-state index < -0.39 is 0 Å². The van der Waals surface area contributed by atoms with Crippen molar-refractivity contribution in [1.82, 2.24) is 25.8 Å². The van der Waals surface area contributed by atoms with Gasteiger partial charge in [0, 0.05) is 36.4 Å². The fourth-order valence-electron chi connectivity index (χ4n) is 3.77. The maximum atomic E-state index is 13.4. The summed E-state index contributed by atoms with van der Waals surface area (Å²) in [7, 11) is 1.94. The molecular weight excluding hydrogens is 431 g/mol. The largest absolute Gasteiger partial charge is 0.361 e. The van der Waals surface area contributed by atoms with Gasteiger partial charge >= 0.3 is 0 Å². The number of anilines is 2. The Balaban J connectivity index is 1.76. The molecule has 0 unspecified atom stereocenters.